The van der Waals surface area contributed by atoms with E-state index < -0.39 is 5.41 Å². The van der Waals surface area contributed by atoms with Crippen LogP contribution in [0, 0.1) is 0 Å². The van der Waals surface area contributed by atoms with Crippen LogP contribution in [0.5, 0.6) is 0 Å². The maximum absolute atomic E-state index is 6.71. The van der Waals surface area contributed by atoms with Crippen molar-refractivity contribution in [3.8, 4) is 0 Å². The quantitative estimate of drug-likeness (QED) is 0.0363. The fourth-order valence-corrected chi connectivity index (χ4v) is 6.05. The first kappa shape index (κ1) is 44.5. The van der Waals surface area contributed by atoms with Gasteiger partial charge in [-0.3, -0.25) is 0 Å². The molecule has 0 aromatic carbocycles. The molecular formula is C42H76O3Si. The first-order valence-corrected chi connectivity index (χ1v) is 19.7. The summed E-state index contributed by atoms with van der Waals surface area (Å²) in [6, 6.07) is 0. The molecule has 0 saturated heterocycles. The van der Waals surface area contributed by atoms with Gasteiger partial charge in [-0.05, 0) is 107 Å². The maximum atomic E-state index is 6.71. The molecule has 266 valence electrons. The summed E-state index contributed by atoms with van der Waals surface area (Å²) in [6.45, 7) is 23.7. The van der Waals surface area contributed by atoms with Gasteiger partial charge in [0.2, 0.25) is 0 Å². The van der Waals surface area contributed by atoms with Crippen LogP contribution in [0.15, 0.2) is 69.9 Å². The Morgan fingerprint density at radius 3 is 1.28 bits per heavy atom. The second kappa shape index (κ2) is 28.5. The monoisotopic (exact) mass is 657 g/mol. The Kier molecular flexibility index (Phi) is 27.6. The lowest BCUT2D eigenvalue weighted by Gasteiger charge is -2.37. The smallest absolute Gasteiger partial charge is 0.167 e. The van der Waals surface area contributed by atoms with Gasteiger partial charge in [0.05, 0.1) is 30.1 Å². The molecule has 0 N–H and O–H groups in total. The van der Waals surface area contributed by atoms with Crippen LogP contribution in [0.3, 0.4) is 0 Å². The first-order chi connectivity index (χ1) is 21.9. The standard InChI is InChI=1S/C42H76O3Si/c1-11-12-13-14-15-16-17-18-28-41(43-32-29-38(8)25-19-22-35(2)3)42(46,44-33-30-39(9)26-20-23-36(4)5)45-34-31-40(10)27-21-24-37(6)7/h22-24,29-31,41H,11-21,25-28,32-34H2,1-10,46H3. The van der Waals surface area contributed by atoms with Gasteiger partial charge in [-0.1, -0.05) is 128 Å². The predicted octanol–water partition coefficient (Wildman–Crippen LogP) is 12.0. The van der Waals surface area contributed by atoms with Gasteiger partial charge in [-0.2, -0.15) is 0 Å². The number of hydrogen-bond donors (Lipinski definition) is 0. The Bertz CT molecular complexity index is 911. The van der Waals surface area contributed by atoms with Crippen LogP contribution in [-0.2, 0) is 14.2 Å². The van der Waals surface area contributed by atoms with E-state index in [0.717, 1.165) is 61.6 Å². The minimum Gasteiger partial charge on any atom is -0.369 e. The molecule has 4 heteroatoms. The molecule has 1 unspecified atom stereocenters. The van der Waals surface area contributed by atoms with Crippen LogP contribution in [0.4, 0.5) is 0 Å². The third kappa shape index (κ3) is 26.6. The fraction of sp³-hybridized carbons (Fsp3) is 0.714. The minimum atomic E-state index is -0.696. The lowest BCUT2D eigenvalue weighted by Crippen LogP contribution is -2.50. The average molecular weight is 657 g/mol. The van der Waals surface area contributed by atoms with Crippen LogP contribution in [0.2, 0.25) is 0 Å². The molecule has 0 aliphatic carbocycles. The highest BCUT2D eigenvalue weighted by molar-refractivity contribution is 6.14. The molecule has 0 amide bonds. The molecule has 0 aliphatic rings. The van der Waals surface area contributed by atoms with E-state index in [1.807, 2.05) is 0 Å². The van der Waals surface area contributed by atoms with Crippen molar-refractivity contribution in [2.75, 3.05) is 19.8 Å². The maximum Gasteiger partial charge on any atom is 0.167 e. The molecule has 0 rings (SSSR count). The Morgan fingerprint density at radius 2 is 0.891 bits per heavy atom. The first-order valence-electron chi connectivity index (χ1n) is 18.7. The number of unbranched alkanes of at least 4 members (excludes halogenated alkanes) is 7. The van der Waals surface area contributed by atoms with Crippen molar-refractivity contribution in [1.29, 1.82) is 0 Å². The summed E-state index contributed by atoms with van der Waals surface area (Å²) in [5.41, 5.74) is 7.56. The van der Waals surface area contributed by atoms with Gasteiger partial charge < -0.3 is 14.2 Å². The van der Waals surface area contributed by atoms with Gasteiger partial charge in [-0.15, -0.1) is 0 Å². The Balaban J connectivity index is 5.76. The molecular weight excluding hydrogens is 581 g/mol. The number of allylic oxidation sites excluding steroid dienone is 9. The summed E-state index contributed by atoms with van der Waals surface area (Å²) in [7, 11) is 0.731. The Morgan fingerprint density at radius 1 is 0.522 bits per heavy atom. The zero-order valence-corrected chi connectivity index (χ0v) is 34.5. The number of hydrogen-bond acceptors (Lipinski definition) is 3. The van der Waals surface area contributed by atoms with Crippen molar-refractivity contribution in [3.05, 3.63) is 69.9 Å². The zero-order chi connectivity index (χ0) is 34.6. The van der Waals surface area contributed by atoms with Gasteiger partial charge in [0, 0.05) is 0 Å². The van der Waals surface area contributed by atoms with Gasteiger partial charge in [0.1, 0.15) is 6.10 Å². The lowest BCUT2D eigenvalue weighted by molar-refractivity contribution is -0.230. The fourth-order valence-electron chi connectivity index (χ4n) is 5.27. The molecule has 3 nitrogen and oxygen atoms in total. The number of ether oxygens (including phenoxy) is 3. The SMILES string of the molecule is CCCCCCCCCCC(OCC=C(C)CCC=C(C)C)C([SiH3])(OCC=C(C)CCC=C(C)C)OCC=C(C)CCC=C(C)C. The molecule has 0 aliphatic heterocycles. The van der Waals surface area contributed by atoms with E-state index in [1.54, 1.807) is 0 Å². The molecule has 0 heterocycles. The lowest BCUT2D eigenvalue weighted by atomic mass is 10.0. The van der Waals surface area contributed by atoms with Gasteiger partial charge in [0.25, 0.3) is 0 Å². The number of rotatable bonds is 28. The summed E-state index contributed by atoms with van der Waals surface area (Å²) in [5.74, 6) is 0. The molecule has 0 fully saturated rings. The van der Waals surface area contributed by atoms with Crippen LogP contribution in [-0.4, -0.2) is 41.6 Å². The average Bonchev–Trinajstić information content (AvgIpc) is 2.97. The summed E-state index contributed by atoms with van der Waals surface area (Å²) in [4.78, 5) is 0. The van der Waals surface area contributed by atoms with E-state index in [9.17, 15) is 0 Å². The van der Waals surface area contributed by atoms with Crippen molar-refractivity contribution in [3.63, 3.8) is 0 Å². The Labute approximate surface area is 290 Å². The minimum absolute atomic E-state index is 0.0835. The normalized spacial score (nSPS) is 14.6. The van der Waals surface area contributed by atoms with Crippen molar-refractivity contribution >= 4 is 10.2 Å². The van der Waals surface area contributed by atoms with E-state index >= 15 is 0 Å². The zero-order valence-electron chi connectivity index (χ0n) is 32.5. The van der Waals surface area contributed by atoms with Crippen LogP contribution in [0.1, 0.15) is 166 Å². The molecule has 0 saturated carbocycles. The third-order valence-electron chi connectivity index (χ3n) is 8.51. The summed E-state index contributed by atoms with van der Waals surface area (Å²) in [6.07, 6.45) is 31.5. The Hall–Kier alpha value is -1.46. The summed E-state index contributed by atoms with van der Waals surface area (Å²) < 4.78 is 20.1. The van der Waals surface area contributed by atoms with E-state index in [-0.39, 0.29) is 6.10 Å². The highest BCUT2D eigenvalue weighted by atomic mass is 28.1. The van der Waals surface area contributed by atoms with Gasteiger partial charge in [0.15, 0.2) is 5.41 Å². The van der Waals surface area contributed by atoms with Crippen LogP contribution >= 0.6 is 0 Å². The second-order valence-corrected chi connectivity index (χ2v) is 15.7. The highest BCUT2D eigenvalue weighted by Gasteiger charge is 2.36. The van der Waals surface area contributed by atoms with Gasteiger partial charge >= 0.3 is 0 Å². The molecule has 0 radical (unpaired) electrons. The molecule has 0 aromatic rings. The van der Waals surface area contributed by atoms with Gasteiger partial charge in [-0.25, -0.2) is 0 Å². The summed E-state index contributed by atoms with van der Waals surface area (Å²) >= 11 is 0. The molecule has 0 spiro atoms. The topological polar surface area (TPSA) is 27.7 Å². The molecule has 0 bridgehead atoms. The molecule has 1 atom stereocenters. The predicted molar refractivity (Wildman–Crippen MR) is 209 cm³/mol. The van der Waals surface area contributed by atoms with E-state index in [0.29, 0.717) is 19.8 Å². The third-order valence-corrected chi connectivity index (χ3v) is 9.73. The molecule has 46 heavy (non-hydrogen) atoms. The summed E-state index contributed by atoms with van der Waals surface area (Å²) in [5, 5.41) is 0. The van der Waals surface area contributed by atoms with E-state index in [4.69, 9.17) is 14.2 Å². The van der Waals surface area contributed by atoms with Crippen LogP contribution in [0.25, 0.3) is 0 Å². The second-order valence-electron chi connectivity index (χ2n) is 14.3. The van der Waals surface area contributed by atoms with Crippen molar-refractivity contribution < 1.29 is 14.2 Å². The van der Waals surface area contributed by atoms with Crippen molar-refractivity contribution in [2.45, 2.75) is 177 Å². The van der Waals surface area contributed by atoms with Crippen LogP contribution < -0.4 is 0 Å². The van der Waals surface area contributed by atoms with E-state index in [1.165, 1.54) is 78.4 Å². The van der Waals surface area contributed by atoms with E-state index in [2.05, 4.69) is 106 Å². The highest BCUT2D eigenvalue weighted by Crippen LogP contribution is 2.25. The largest absolute Gasteiger partial charge is 0.369 e. The van der Waals surface area contributed by atoms with Crippen molar-refractivity contribution in [2.24, 2.45) is 0 Å². The van der Waals surface area contributed by atoms with Crippen molar-refractivity contribution in [1.82, 2.24) is 0 Å². The molecule has 0 aromatic heterocycles.